The molecule has 9 heteroatoms. The zero-order valence-corrected chi connectivity index (χ0v) is 15.0. The number of benzene rings is 2. The van der Waals surface area contributed by atoms with Crippen LogP contribution in [0.15, 0.2) is 47.4 Å². The molecule has 0 saturated carbocycles. The first-order valence-corrected chi connectivity index (χ1v) is 8.98. The monoisotopic (exact) mass is 382 g/mol. The summed E-state index contributed by atoms with van der Waals surface area (Å²) in [6.07, 6.45) is 0. The molecule has 0 aliphatic rings. The third-order valence-corrected chi connectivity index (χ3v) is 5.43. The van der Waals surface area contributed by atoms with Gasteiger partial charge in [-0.2, -0.15) is 0 Å². The second-order valence-corrected chi connectivity index (χ2v) is 7.65. The van der Waals surface area contributed by atoms with Crippen LogP contribution in [0.4, 0.5) is 11.4 Å². The maximum Gasteiger partial charge on any atom is 0.270 e. The summed E-state index contributed by atoms with van der Waals surface area (Å²) in [7, 11) is -4.23. The summed E-state index contributed by atoms with van der Waals surface area (Å²) in [6.45, 7) is 2.83. The van der Waals surface area contributed by atoms with Gasteiger partial charge in [-0.25, -0.2) is 8.42 Å². The Balaban J connectivity index is 2.67. The minimum atomic E-state index is -4.23. The predicted octanol–water partition coefficient (Wildman–Crippen LogP) is 3.17. The van der Waals surface area contributed by atoms with E-state index in [1.165, 1.54) is 18.2 Å². The Labute approximate surface area is 150 Å². The molecule has 25 heavy (non-hydrogen) atoms. The molecule has 0 N–H and O–H groups in total. The second-order valence-electron chi connectivity index (χ2n) is 5.36. The van der Waals surface area contributed by atoms with Crippen molar-refractivity contribution in [3.05, 3.63) is 63.7 Å². The number of hydrogen-bond acceptors (Lipinski definition) is 5. The van der Waals surface area contributed by atoms with Crippen molar-refractivity contribution in [1.82, 2.24) is 0 Å². The first-order chi connectivity index (χ1) is 11.6. The number of non-ortho nitro benzene ring substituents is 1. The van der Waals surface area contributed by atoms with Gasteiger partial charge in [-0.3, -0.25) is 19.2 Å². The van der Waals surface area contributed by atoms with Crippen molar-refractivity contribution >= 4 is 38.2 Å². The van der Waals surface area contributed by atoms with Crippen LogP contribution in [0, 0.1) is 24.0 Å². The molecule has 0 aromatic heterocycles. The Hall–Kier alpha value is -2.45. The predicted molar refractivity (Wildman–Crippen MR) is 94.4 cm³/mol. The molecule has 7 nitrogen and oxygen atoms in total. The number of anilines is 1. The summed E-state index contributed by atoms with van der Waals surface area (Å²) < 4.78 is 27.0. The van der Waals surface area contributed by atoms with E-state index >= 15 is 0 Å². The second kappa shape index (κ2) is 7.20. The number of rotatable bonds is 6. The van der Waals surface area contributed by atoms with E-state index in [1.54, 1.807) is 32.0 Å². The Kier molecular flexibility index (Phi) is 5.44. The van der Waals surface area contributed by atoms with Crippen molar-refractivity contribution in [3.63, 3.8) is 0 Å². The van der Waals surface area contributed by atoms with Crippen molar-refractivity contribution in [2.45, 2.75) is 18.7 Å². The number of para-hydroxylation sites is 1. The van der Waals surface area contributed by atoms with E-state index in [1.807, 2.05) is 0 Å². The molecule has 0 unspecified atom stereocenters. The molecule has 2 aromatic rings. The SMILES string of the molecule is Cc1cccc(C)c1N(CC(=O)Cl)S(=O)(=O)c1cccc([N+](=O)[O-])c1. The van der Waals surface area contributed by atoms with Gasteiger partial charge in [-0.1, -0.05) is 24.3 Å². The van der Waals surface area contributed by atoms with Crippen molar-refractivity contribution in [3.8, 4) is 0 Å². The van der Waals surface area contributed by atoms with E-state index in [4.69, 9.17) is 11.6 Å². The highest BCUT2D eigenvalue weighted by Crippen LogP contribution is 2.31. The van der Waals surface area contributed by atoms with Gasteiger partial charge in [0, 0.05) is 12.1 Å². The number of nitro benzene ring substituents is 1. The summed E-state index contributed by atoms with van der Waals surface area (Å²) in [5, 5.41) is 10.1. The number of halogens is 1. The van der Waals surface area contributed by atoms with E-state index in [0.29, 0.717) is 16.8 Å². The fourth-order valence-electron chi connectivity index (χ4n) is 2.48. The Bertz CT molecular complexity index is 923. The lowest BCUT2D eigenvalue weighted by Gasteiger charge is -2.26. The topological polar surface area (TPSA) is 97.6 Å². The lowest BCUT2D eigenvalue weighted by atomic mass is 10.1. The number of sulfonamides is 1. The molecule has 2 rings (SSSR count). The van der Waals surface area contributed by atoms with Crippen LogP contribution in [-0.4, -0.2) is 25.1 Å². The van der Waals surface area contributed by atoms with Crippen LogP contribution in [0.25, 0.3) is 0 Å². The van der Waals surface area contributed by atoms with Gasteiger partial charge in [0.1, 0.15) is 6.54 Å². The van der Waals surface area contributed by atoms with Crippen LogP contribution in [0.1, 0.15) is 11.1 Å². The summed E-state index contributed by atoms with van der Waals surface area (Å²) >= 11 is 5.45. The molecular formula is C16H15ClN2O5S. The van der Waals surface area contributed by atoms with Gasteiger partial charge in [-0.15, -0.1) is 0 Å². The first kappa shape index (κ1) is 18.9. The molecule has 0 bridgehead atoms. The Morgan fingerprint density at radius 3 is 2.24 bits per heavy atom. The van der Waals surface area contributed by atoms with Gasteiger partial charge in [-0.05, 0) is 42.6 Å². The first-order valence-electron chi connectivity index (χ1n) is 7.16. The number of carbonyl (C=O) groups is 1. The summed E-state index contributed by atoms with van der Waals surface area (Å²) in [5.74, 6) is 0. The maximum absolute atomic E-state index is 13.0. The third kappa shape index (κ3) is 3.97. The molecule has 0 atom stereocenters. The highest BCUT2D eigenvalue weighted by Gasteiger charge is 2.30. The minimum absolute atomic E-state index is 0.290. The highest BCUT2D eigenvalue weighted by atomic mass is 35.5. The van der Waals surface area contributed by atoms with E-state index in [2.05, 4.69) is 0 Å². The minimum Gasteiger partial charge on any atom is -0.279 e. The number of carbonyl (C=O) groups excluding carboxylic acids is 1. The van der Waals surface area contributed by atoms with Gasteiger partial charge < -0.3 is 0 Å². The third-order valence-electron chi connectivity index (χ3n) is 3.57. The molecule has 0 heterocycles. The molecule has 0 fully saturated rings. The fraction of sp³-hybridized carbons (Fsp3) is 0.188. The molecule has 0 amide bonds. The molecular weight excluding hydrogens is 368 g/mol. The van der Waals surface area contributed by atoms with Crippen LogP contribution < -0.4 is 4.31 Å². The molecule has 0 radical (unpaired) electrons. The normalized spacial score (nSPS) is 11.2. The maximum atomic E-state index is 13.0. The quantitative estimate of drug-likeness (QED) is 0.434. The summed E-state index contributed by atoms with van der Waals surface area (Å²) in [4.78, 5) is 21.4. The fourth-order valence-corrected chi connectivity index (χ4v) is 4.26. The van der Waals surface area contributed by atoms with Gasteiger partial charge in [0.25, 0.3) is 15.7 Å². The molecule has 0 saturated heterocycles. The van der Waals surface area contributed by atoms with Crippen molar-refractivity contribution in [2.75, 3.05) is 10.8 Å². The number of nitrogens with zero attached hydrogens (tertiary/aromatic N) is 2. The van der Waals surface area contributed by atoms with Crippen LogP contribution in [-0.2, 0) is 14.8 Å². The number of nitro groups is 1. The van der Waals surface area contributed by atoms with Gasteiger partial charge in [0.05, 0.1) is 15.5 Å². The van der Waals surface area contributed by atoms with Crippen LogP contribution >= 0.6 is 11.6 Å². The molecule has 0 aliphatic heterocycles. The van der Waals surface area contributed by atoms with Gasteiger partial charge in [0.15, 0.2) is 0 Å². The van der Waals surface area contributed by atoms with Crippen LogP contribution in [0.5, 0.6) is 0 Å². The smallest absolute Gasteiger partial charge is 0.270 e. The zero-order chi connectivity index (χ0) is 18.8. The van der Waals surface area contributed by atoms with Crippen molar-refractivity contribution < 1.29 is 18.1 Å². The summed E-state index contributed by atoms with van der Waals surface area (Å²) in [5.41, 5.74) is 1.22. The van der Waals surface area contributed by atoms with E-state index in [-0.39, 0.29) is 10.6 Å². The van der Waals surface area contributed by atoms with E-state index < -0.39 is 26.7 Å². The Morgan fingerprint density at radius 1 is 1.16 bits per heavy atom. The van der Waals surface area contributed by atoms with Gasteiger partial charge in [0.2, 0.25) is 5.24 Å². The summed E-state index contributed by atoms with van der Waals surface area (Å²) in [6, 6.07) is 9.82. The lowest BCUT2D eigenvalue weighted by Crippen LogP contribution is -2.35. The molecule has 0 aliphatic carbocycles. The van der Waals surface area contributed by atoms with Crippen LogP contribution in [0.2, 0.25) is 0 Å². The standard InChI is InChI=1S/C16H15ClN2O5S/c1-11-5-3-6-12(2)16(11)18(10-15(17)20)25(23,24)14-8-4-7-13(9-14)19(21)22/h3-9H,10H2,1-2H3. The largest absolute Gasteiger partial charge is 0.279 e. The lowest BCUT2D eigenvalue weighted by molar-refractivity contribution is -0.385. The number of aryl methyl sites for hydroxylation is 2. The zero-order valence-electron chi connectivity index (χ0n) is 13.5. The average Bonchev–Trinajstić information content (AvgIpc) is 2.53. The van der Waals surface area contributed by atoms with Gasteiger partial charge >= 0.3 is 0 Å². The molecule has 132 valence electrons. The molecule has 2 aromatic carbocycles. The Morgan fingerprint density at radius 2 is 1.72 bits per heavy atom. The van der Waals surface area contributed by atoms with Crippen LogP contribution in [0.3, 0.4) is 0 Å². The van der Waals surface area contributed by atoms with Crippen molar-refractivity contribution in [1.29, 1.82) is 0 Å². The van der Waals surface area contributed by atoms with E-state index in [9.17, 15) is 23.3 Å². The average molecular weight is 383 g/mol. The number of hydrogen-bond donors (Lipinski definition) is 0. The van der Waals surface area contributed by atoms with E-state index in [0.717, 1.165) is 10.4 Å². The van der Waals surface area contributed by atoms with Crippen molar-refractivity contribution in [2.24, 2.45) is 0 Å². The molecule has 0 spiro atoms. The highest BCUT2D eigenvalue weighted by molar-refractivity contribution is 7.92.